The van der Waals surface area contributed by atoms with Gasteiger partial charge in [-0.3, -0.25) is 19.2 Å². The van der Waals surface area contributed by atoms with Crippen molar-refractivity contribution in [2.45, 2.75) is 46.5 Å². The number of para-hydroxylation sites is 1. The van der Waals surface area contributed by atoms with Crippen molar-refractivity contribution in [1.82, 2.24) is 9.80 Å². The van der Waals surface area contributed by atoms with Gasteiger partial charge in [0.15, 0.2) is 6.61 Å². The molecule has 1 aromatic rings. The first-order valence-corrected chi connectivity index (χ1v) is 10.3. The number of hydrogen-bond donors (Lipinski definition) is 1. The molecule has 3 amide bonds. The van der Waals surface area contributed by atoms with Gasteiger partial charge in [0.05, 0.1) is 6.42 Å². The highest BCUT2D eigenvalue weighted by Gasteiger charge is 2.23. The number of hydrogen-bond acceptors (Lipinski definition) is 5. The van der Waals surface area contributed by atoms with E-state index in [2.05, 4.69) is 5.32 Å². The molecule has 1 heterocycles. The summed E-state index contributed by atoms with van der Waals surface area (Å²) in [6, 6.07) is 5.81. The summed E-state index contributed by atoms with van der Waals surface area (Å²) in [6.45, 7) is 9.04. The van der Waals surface area contributed by atoms with Crippen LogP contribution in [-0.4, -0.2) is 66.3 Å². The maximum Gasteiger partial charge on any atom is 0.306 e. The zero-order valence-corrected chi connectivity index (χ0v) is 18.2. The van der Waals surface area contributed by atoms with Crippen molar-refractivity contribution >= 4 is 29.4 Å². The van der Waals surface area contributed by atoms with Crippen molar-refractivity contribution < 1.29 is 23.9 Å². The zero-order valence-electron chi connectivity index (χ0n) is 18.2. The van der Waals surface area contributed by atoms with Crippen molar-refractivity contribution in [2.24, 2.45) is 0 Å². The van der Waals surface area contributed by atoms with Gasteiger partial charge in [-0.2, -0.15) is 0 Å². The minimum Gasteiger partial charge on any atom is -0.456 e. The van der Waals surface area contributed by atoms with Crippen LogP contribution < -0.4 is 5.32 Å². The van der Waals surface area contributed by atoms with Crippen LogP contribution in [0.4, 0.5) is 5.69 Å². The molecule has 1 aromatic carbocycles. The fraction of sp³-hybridized carbons (Fsp3) is 0.545. The third-order valence-electron chi connectivity index (χ3n) is 5.18. The van der Waals surface area contributed by atoms with Crippen molar-refractivity contribution in [2.75, 3.05) is 38.1 Å². The largest absolute Gasteiger partial charge is 0.456 e. The smallest absolute Gasteiger partial charge is 0.306 e. The van der Waals surface area contributed by atoms with Crippen LogP contribution in [0.1, 0.15) is 50.7 Å². The lowest BCUT2D eigenvalue weighted by molar-refractivity contribution is -0.149. The molecule has 164 valence electrons. The molecule has 30 heavy (non-hydrogen) atoms. The van der Waals surface area contributed by atoms with Gasteiger partial charge in [0, 0.05) is 45.2 Å². The summed E-state index contributed by atoms with van der Waals surface area (Å²) in [5.74, 6) is -0.914. The van der Waals surface area contributed by atoms with E-state index >= 15 is 0 Å². The monoisotopic (exact) mass is 417 g/mol. The molecule has 0 radical (unpaired) electrons. The molecule has 1 N–H and O–H groups in total. The van der Waals surface area contributed by atoms with E-state index in [0.29, 0.717) is 26.2 Å². The summed E-state index contributed by atoms with van der Waals surface area (Å²) in [6.07, 6.45) is -0.0591. The van der Waals surface area contributed by atoms with Gasteiger partial charge in [-0.1, -0.05) is 32.0 Å². The standard InChI is InChI=1S/C22H31N3O5/c1-15(2)18-7-5-6-16(3)22(18)23-19(27)14-30-21(29)9-8-20(28)25-12-10-24(11-13-25)17(4)26/h5-7,15H,8-14H2,1-4H3,(H,23,27). The summed E-state index contributed by atoms with van der Waals surface area (Å²) in [7, 11) is 0. The Labute approximate surface area is 177 Å². The normalized spacial score (nSPS) is 13.9. The van der Waals surface area contributed by atoms with Gasteiger partial charge in [0.1, 0.15) is 0 Å². The van der Waals surface area contributed by atoms with Crippen LogP contribution >= 0.6 is 0 Å². The number of carbonyl (C=O) groups is 4. The Morgan fingerprint density at radius 3 is 2.27 bits per heavy atom. The number of amides is 3. The number of benzene rings is 1. The van der Waals surface area contributed by atoms with Crippen LogP contribution in [0.3, 0.4) is 0 Å². The summed E-state index contributed by atoms with van der Waals surface area (Å²) in [5.41, 5.74) is 2.70. The molecule has 0 aromatic heterocycles. The molecule has 8 heteroatoms. The molecule has 1 fully saturated rings. The number of esters is 1. The van der Waals surface area contributed by atoms with Crippen molar-refractivity contribution in [3.8, 4) is 0 Å². The third kappa shape index (κ3) is 6.57. The SMILES string of the molecule is CC(=O)N1CCN(C(=O)CCC(=O)OCC(=O)Nc2c(C)cccc2C(C)C)CC1. The Morgan fingerprint density at radius 1 is 1.03 bits per heavy atom. The van der Waals surface area contributed by atoms with E-state index in [9.17, 15) is 19.2 Å². The van der Waals surface area contributed by atoms with Crippen LogP contribution in [-0.2, 0) is 23.9 Å². The number of carbonyl (C=O) groups excluding carboxylic acids is 4. The van der Waals surface area contributed by atoms with E-state index < -0.39 is 18.5 Å². The quantitative estimate of drug-likeness (QED) is 0.685. The fourth-order valence-electron chi connectivity index (χ4n) is 3.37. The first-order valence-electron chi connectivity index (χ1n) is 10.3. The molecule has 0 saturated carbocycles. The molecule has 0 bridgehead atoms. The lowest BCUT2D eigenvalue weighted by Crippen LogP contribution is -2.50. The summed E-state index contributed by atoms with van der Waals surface area (Å²) in [4.78, 5) is 51.1. The Morgan fingerprint density at radius 2 is 1.67 bits per heavy atom. The van der Waals surface area contributed by atoms with Gasteiger partial charge in [0.25, 0.3) is 5.91 Å². The van der Waals surface area contributed by atoms with E-state index in [0.717, 1.165) is 16.8 Å². The minimum atomic E-state index is -0.588. The highest BCUT2D eigenvalue weighted by Crippen LogP contribution is 2.27. The number of anilines is 1. The number of ether oxygens (including phenoxy) is 1. The van der Waals surface area contributed by atoms with Gasteiger partial charge in [-0.05, 0) is 24.0 Å². The van der Waals surface area contributed by atoms with E-state index in [4.69, 9.17) is 4.74 Å². The van der Waals surface area contributed by atoms with Crippen molar-refractivity contribution in [3.63, 3.8) is 0 Å². The molecule has 0 spiro atoms. The van der Waals surface area contributed by atoms with E-state index in [-0.39, 0.29) is 30.6 Å². The average molecular weight is 418 g/mol. The fourth-order valence-corrected chi connectivity index (χ4v) is 3.37. The molecule has 1 aliphatic heterocycles. The Bertz CT molecular complexity index is 798. The second-order valence-electron chi connectivity index (χ2n) is 7.79. The lowest BCUT2D eigenvalue weighted by atomic mass is 9.98. The van der Waals surface area contributed by atoms with Gasteiger partial charge < -0.3 is 19.9 Å². The van der Waals surface area contributed by atoms with E-state index in [1.807, 2.05) is 39.0 Å². The number of piperazine rings is 1. The Kier molecular flexibility index (Phi) is 8.38. The topological polar surface area (TPSA) is 96.0 Å². The maximum absolute atomic E-state index is 12.2. The average Bonchev–Trinajstić information content (AvgIpc) is 2.71. The number of nitrogens with zero attached hydrogens (tertiary/aromatic N) is 2. The second kappa shape index (κ2) is 10.8. The highest BCUT2D eigenvalue weighted by atomic mass is 16.5. The highest BCUT2D eigenvalue weighted by molar-refractivity contribution is 5.94. The number of rotatable bonds is 7. The molecule has 2 rings (SSSR count). The molecule has 1 saturated heterocycles. The third-order valence-corrected chi connectivity index (χ3v) is 5.18. The Balaban J connectivity index is 1.74. The van der Waals surface area contributed by atoms with E-state index in [1.165, 1.54) is 6.92 Å². The number of nitrogens with one attached hydrogen (secondary N) is 1. The molecule has 0 atom stereocenters. The van der Waals surface area contributed by atoms with Crippen LogP contribution in [0.2, 0.25) is 0 Å². The van der Waals surface area contributed by atoms with Crippen LogP contribution in [0.25, 0.3) is 0 Å². The first kappa shape index (κ1) is 23.4. The summed E-state index contributed by atoms with van der Waals surface area (Å²) >= 11 is 0. The second-order valence-corrected chi connectivity index (χ2v) is 7.79. The van der Waals surface area contributed by atoms with Crippen molar-refractivity contribution in [3.05, 3.63) is 29.3 Å². The van der Waals surface area contributed by atoms with Crippen LogP contribution in [0.5, 0.6) is 0 Å². The minimum absolute atomic E-state index is 0.00448. The molecule has 1 aliphatic rings. The molecular weight excluding hydrogens is 386 g/mol. The Hall–Kier alpha value is -2.90. The summed E-state index contributed by atoms with van der Waals surface area (Å²) in [5, 5.41) is 2.82. The van der Waals surface area contributed by atoms with Gasteiger partial charge >= 0.3 is 5.97 Å². The predicted molar refractivity (Wildman–Crippen MR) is 113 cm³/mol. The summed E-state index contributed by atoms with van der Waals surface area (Å²) < 4.78 is 5.03. The first-order chi connectivity index (χ1) is 14.2. The maximum atomic E-state index is 12.2. The zero-order chi connectivity index (χ0) is 22.3. The lowest BCUT2D eigenvalue weighted by Gasteiger charge is -2.34. The van der Waals surface area contributed by atoms with Gasteiger partial charge in [0.2, 0.25) is 11.8 Å². The van der Waals surface area contributed by atoms with E-state index in [1.54, 1.807) is 9.80 Å². The molecular formula is C22H31N3O5. The van der Waals surface area contributed by atoms with Crippen LogP contribution in [0.15, 0.2) is 18.2 Å². The van der Waals surface area contributed by atoms with Crippen LogP contribution in [0, 0.1) is 6.92 Å². The molecule has 8 nitrogen and oxygen atoms in total. The predicted octanol–water partition coefficient (Wildman–Crippen LogP) is 2.07. The molecule has 0 unspecified atom stereocenters. The molecule has 0 aliphatic carbocycles. The van der Waals surface area contributed by atoms with Gasteiger partial charge in [-0.15, -0.1) is 0 Å². The van der Waals surface area contributed by atoms with Gasteiger partial charge in [-0.25, -0.2) is 0 Å². The van der Waals surface area contributed by atoms with Crippen molar-refractivity contribution in [1.29, 1.82) is 0 Å². The number of aryl methyl sites for hydroxylation is 1.